The molecule has 0 unspecified atom stereocenters. The van der Waals surface area contributed by atoms with Crippen molar-refractivity contribution >= 4 is 22.8 Å². The van der Waals surface area contributed by atoms with Crippen LogP contribution in [0.5, 0.6) is 0 Å². The maximum Gasteiger partial charge on any atom is 0.332 e. The molecule has 132 valence electrons. The third-order valence-corrected chi connectivity index (χ3v) is 4.55. The molecule has 0 N–H and O–H groups in total. The molecule has 9 heteroatoms. The summed E-state index contributed by atoms with van der Waals surface area (Å²) in [7, 11) is 2.92. The van der Waals surface area contributed by atoms with Gasteiger partial charge >= 0.3 is 5.69 Å². The van der Waals surface area contributed by atoms with Crippen LogP contribution in [0.15, 0.2) is 21.9 Å². The number of nitrogens with zero attached hydrogens (tertiary/aromatic N) is 5. The predicted octanol–water partition coefficient (Wildman–Crippen LogP) is -1.06. The molecule has 2 aromatic rings. The highest BCUT2D eigenvalue weighted by molar-refractivity contribution is 5.96. The van der Waals surface area contributed by atoms with Crippen LogP contribution in [0.4, 0.5) is 0 Å². The van der Waals surface area contributed by atoms with E-state index in [1.807, 2.05) is 0 Å². The predicted molar refractivity (Wildman–Crippen MR) is 90.4 cm³/mol. The molecule has 0 aliphatic carbocycles. The standard InChI is InChI=1S/C16H19N5O4/c1-10(22)20-4-6-21(7-5-20)14(23)11-8-12-13(17-9-11)18(2)16(25)19(3)15(12)24/h8-9H,4-7H2,1-3H3. The molecule has 0 atom stereocenters. The number of amides is 2. The Kier molecular flexibility index (Phi) is 4.15. The Morgan fingerprint density at radius 1 is 1.00 bits per heavy atom. The number of aromatic nitrogens is 3. The second-order valence-electron chi connectivity index (χ2n) is 6.10. The highest BCUT2D eigenvalue weighted by atomic mass is 16.2. The van der Waals surface area contributed by atoms with Crippen LogP contribution < -0.4 is 11.2 Å². The second-order valence-corrected chi connectivity index (χ2v) is 6.10. The first-order valence-corrected chi connectivity index (χ1v) is 7.92. The van der Waals surface area contributed by atoms with Gasteiger partial charge in [-0.05, 0) is 6.07 Å². The van der Waals surface area contributed by atoms with Gasteiger partial charge in [-0.15, -0.1) is 0 Å². The molecular formula is C16H19N5O4. The molecule has 1 fully saturated rings. The van der Waals surface area contributed by atoms with Crippen LogP contribution in [0.3, 0.4) is 0 Å². The number of rotatable bonds is 1. The van der Waals surface area contributed by atoms with Crippen LogP contribution in [0, 0.1) is 0 Å². The van der Waals surface area contributed by atoms with Crippen molar-refractivity contribution in [1.82, 2.24) is 23.9 Å². The lowest BCUT2D eigenvalue weighted by Gasteiger charge is -2.34. The SMILES string of the molecule is CC(=O)N1CCN(C(=O)c2cnc3c(c2)c(=O)n(C)c(=O)n3C)CC1. The van der Waals surface area contributed by atoms with Gasteiger partial charge in [-0.2, -0.15) is 0 Å². The Bertz CT molecular complexity index is 982. The van der Waals surface area contributed by atoms with Crippen molar-refractivity contribution in [3.05, 3.63) is 38.7 Å². The first-order chi connectivity index (χ1) is 11.8. The molecule has 3 heterocycles. The van der Waals surface area contributed by atoms with E-state index in [1.54, 1.807) is 9.80 Å². The lowest BCUT2D eigenvalue weighted by Crippen LogP contribution is -2.50. The summed E-state index contributed by atoms with van der Waals surface area (Å²) in [6.07, 6.45) is 1.38. The van der Waals surface area contributed by atoms with Gasteiger partial charge in [0.2, 0.25) is 5.91 Å². The number of carbonyl (C=O) groups is 2. The van der Waals surface area contributed by atoms with Crippen LogP contribution in [0.2, 0.25) is 0 Å². The Hall–Kier alpha value is -2.97. The fourth-order valence-electron chi connectivity index (χ4n) is 2.99. The van der Waals surface area contributed by atoms with Crippen LogP contribution in [0.1, 0.15) is 17.3 Å². The van der Waals surface area contributed by atoms with Gasteiger partial charge in [-0.3, -0.25) is 23.5 Å². The van der Waals surface area contributed by atoms with E-state index in [0.717, 1.165) is 4.57 Å². The maximum atomic E-state index is 12.7. The van der Waals surface area contributed by atoms with Crippen molar-refractivity contribution in [2.24, 2.45) is 14.1 Å². The molecule has 2 aromatic heterocycles. The van der Waals surface area contributed by atoms with Crippen molar-refractivity contribution in [2.45, 2.75) is 6.92 Å². The fourth-order valence-corrected chi connectivity index (χ4v) is 2.99. The zero-order valence-electron chi connectivity index (χ0n) is 14.4. The van der Waals surface area contributed by atoms with E-state index in [0.29, 0.717) is 31.7 Å². The quantitative estimate of drug-likeness (QED) is 0.656. The van der Waals surface area contributed by atoms with Gasteiger partial charge in [0.15, 0.2) is 0 Å². The van der Waals surface area contributed by atoms with E-state index in [9.17, 15) is 19.2 Å². The number of hydrogen-bond donors (Lipinski definition) is 0. The first kappa shape index (κ1) is 16.9. The summed E-state index contributed by atoms with van der Waals surface area (Å²) in [5.41, 5.74) is -0.420. The van der Waals surface area contributed by atoms with Gasteiger partial charge in [0, 0.05) is 53.4 Å². The summed E-state index contributed by atoms with van der Waals surface area (Å²) >= 11 is 0. The first-order valence-electron chi connectivity index (χ1n) is 7.92. The average molecular weight is 345 g/mol. The number of aryl methyl sites for hydroxylation is 1. The molecule has 0 saturated carbocycles. The summed E-state index contributed by atoms with van der Waals surface area (Å²) < 4.78 is 2.26. The number of piperazine rings is 1. The van der Waals surface area contributed by atoms with Crippen LogP contribution in [-0.2, 0) is 18.9 Å². The van der Waals surface area contributed by atoms with Gasteiger partial charge in [0.1, 0.15) is 5.65 Å². The van der Waals surface area contributed by atoms with E-state index >= 15 is 0 Å². The van der Waals surface area contributed by atoms with Crippen molar-refractivity contribution in [1.29, 1.82) is 0 Å². The summed E-state index contributed by atoms with van der Waals surface area (Å²) in [6.45, 7) is 3.34. The van der Waals surface area contributed by atoms with E-state index in [-0.39, 0.29) is 22.8 Å². The fraction of sp³-hybridized carbons (Fsp3) is 0.438. The summed E-state index contributed by atoms with van der Waals surface area (Å²) in [5.74, 6) is -0.252. The zero-order chi connectivity index (χ0) is 18.3. The zero-order valence-corrected chi connectivity index (χ0v) is 14.4. The molecule has 1 saturated heterocycles. The van der Waals surface area contributed by atoms with Crippen molar-refractivity contribution in [3.8, 4) is 0 Å². The number of hydrogen-bond acceptors (Lipinski definition) is 5. The minimum atomic E-state index is -0.485. The van der Waals surface area contributed by atoms with Gasteiger partial charge in [-0.1, -0.05) is 0 Å². The summed E-state index contributed by atoms with van der Waals surface area (Å²) in [6, 6.07) is 1.48. The number of fused-ring (bicyclic) bond motifs is 1. The number of pyridine rings is 1. The van der Waals surface area contributed by atoms with Crippen molar-refractivity contribution in [2.75, 3.05) is 26.2 Å². The molecule has 0 spiro atoms. The lowest BCUT2D eigenvalue weighted by atomic mass is 10.2. The van der Waals surface area contributed by atoms with Gasteiger partial charge in [-0.25, -0.2) is 9.78 Å². The van der Waals surface area contributed by atoms with E-state index < -0.39 is 11.2 Å². The lowest BCUT2D eigenvalue weighted by molar-refractivity contribution is -0.130. The summed E-state index contributed by atoms with van der Waals surface area (Å²) in [5, 5.41) is 0.220. The minimum Gasteiger partial charge on any atom is -0.339 e. The third kappa shape index (κ3) is 2.81. The molecule has 2 amide bonds. The monoisotopic (exact) mass is 345 g/mol. The Labute approximate surface area is 143 Å². The molecule has 0 aromatic carbocycles. The molecular weight excluding hydrogens is 326 g/mol. The molecule has 1 aliphatic heterocycles. The third-order valence-electron chi connectivity index (χ3n) is 4.55. The highest BCUT2D eigenvalue weighted by Gasteiger charge is 2.24. The van der Waals surface area contributed by atoms with E-state index in [2.05, 4.69) is 4.98 Å². The smallest absolute Gasteiger partial charge is 0.332 e. The Morgan fingerprint density at radius 2 is 1.60 bits per heavy atom. The van der Waals surface area contributed by atoms with Crippen LogP contribution >= 0.6 is 0 Å². The number of carbonyl (C=O) groups excluding carboxylic acids is 2. The molecule has 3 rings (SSSR count). The van der Waals surface area contributed by atoms with Gasteiger partial charge in [0.25, 0.3) is 11.5 Å². The van der Waals surface area contributed by atoms with Gasteiger partial charge < -0.3 is 9.80 Å². The summed E-state index contributed by atoms with van der Waals surface area (Å²) in [4.78, 5) is 55.7. The Balaban J connectivity index is 1.95. The van der Waals surface area contributed by atoms with Gasteiger partial charge in [0.05, 0.1) is 10.9 Å². The van der Waals surface area contributed by atoms with Crippen molar-refractivity contribution in [3.63, 3.8) is 0 Å². The molecule has 0 bridgehead atoms. The molecule has 9 nitrogen and oxygen atoms in total. The molecule has 0 radical (unpaired) electrons. The highest BCUT2D eigenvalue weighted by Crippen LogP contribution is 2.12. The maximum absolute atomic E-state index is 12.7. The van der Waals surface area contributed by atoms with Crippen molar-refractivity contribution < 1.29 is 9.59 Å². The molecule has 25 heavy (non-hydrogen) atoms. The minimum absolute atomic E-state index is 0.0103. The van der Waals surface area contributed by atoms with Crippen LogP contribution in [0.25, 0.3) is 11.0 Å². The largest absolute Gasteiger partial charge is 0.339 e. The topological polar surface area (TPSA) is 97.5 Å². The van der Waals surface area contributed by atoms with E-state index in [4.69, 9.17) is 0 Å². The second kappa shape index (κ2) is 6.15. The Morgan fingerprint density at radius 3 is 2.20 bits per heavy atom. The van der Waals surface area contributed by atoms with E-state index in [1.165, 1.54) is 37.8 Å². The molecule has 1 aliphatic rings. The van der Waals surface area contributed by atoms with Crippen LogP contribution in [-0.4, -0.2) is 61.9 Å². The normalized spacial score (nSPS) is 14.8. The average Bonchev–Trinajstić information content (AvgIpc) is 2.63.